The molecule has 0 amide bonds. The molecule has 0 aliphatic heterocycles. The number of esters is 1. The summed E-state index contributed by atoms with van der Waals surface area (Å²) < 4.78 is 40.5. The Morgan fingerprint density at radius 2 is 2.00 bits per heavy atom. The summed E-state index contributed by atoms with van der Waals surface area (Å²) in [5, 5.41) is 0. The molecule has 0 aliphatic carbocycles. The van der Waals surface area contributed by atoms with Crippen LogP contribution >= 0.6 is 0 Å². The third-order valence-electron chi connectivity index (χ3n) is 0.785. The zero-order chi connectivity index (χ0) is 9.61. The molecule has 0 fully saturated rings. The van der Waals surface area contributed by atoms with Crippen molar-refractivity contribution in [2.75, 3.05) is 19.2 Å². The lowest BCUT2D eigenvalue weighted by Crippen LogP contribution is -2.13. The number of halogens is 1. The van der Waals surface area contributed by atoms with Gasteiger partial charge < -0.3 is 4.74 Å². The van der Waals surface area contributed by atoms with Gasteiger partial charge in [-0.05, 0) is 0 Å². The van der Waals surface area contributed by atoms with Gasteiger partial charge in [-0.15, -0.1) is 0 Å². The standard InChI is InChI=1S/C5H9FO5S/c1-5(7)10-2-3-11-12(8,9)4-6/h2-4H2,1H3. The molecule has 12 heavy (non-hydrogen) atoms. The minimum Gasteiger partial charge on any atom is -0.463 e. The summed E-state index contributed by atoms with van der Waals surface area (Å²) in [6, 6.07) is -1.58. The van der Waals surface area contributed by atoms with Gasteiger partial charge in [0.25, 0.3) is 10.1 Å². The molecule has 0 heterocycles. The SMILES string of the molecule is CC(=O)OCCOS(=O)(=O)CF. The number of carbonyl (C=O) groups excluding carboxylic acids is 1. The van der Waals surface area contributed by atoms with E-state index in [0.717, 1.165) is 0 Å². The van der Waals surface area contributed by atoms with Crippen molar-refractivity contribution in [2.45, 2.75) is 6.92 Å². The van der Waals surface area contributed by atoms with Crippen molar-refractivity contribution in [3.8, 4) is 0 Å². The maximum Gasteiger partial charge on any atom is 0.302 e. The first-order valence-corrected chi connectivity index (χ1v) is 4.62. The van der Waals surface area contributed by atoms with E-state index in [-0.39, 0.29) is 13.2 Å². The number of carbonyl (C=O) groups is 1. The van der Waals surface area contributed by atoms with Crippen LogP contribution in [-0.4, -0.2) is 33.6 Å². The molecule has 0 aliphatic rings. The molecular weight excluding hydrogens is 191 g/mol. The maximum atomic E-state index is 11.5. The lowest BCUT2D eigenvalue weighted by molar-refractivity contribution is -0.141. The van der Waals surface area contributed by atoms with E-state index in [9.17, 15) is 17.6 Å². The molecule has 7 heteroatoms. The fraction of sp³-hybridized carbons (Fsp3) is 0.800. The van der Waals surface area contributed by atoms with E-state index >= 15 is 0 Å². The van der Waals surface area contributed by atoms with Gasteiger partial charge in [-0.2, -0.15) is 8.42 Å². The van der Waals surface area contributed by atoms with E-state index in [2.05, 4.69) is 8.92 Å². The third kappa shape index (κ3) is 6.05. The first-order valence-electron chi connectivity index (χ1n) is 3.04. The molecule has 0 bridgehead atoms. The van der Waals surface area contributed by atoms with Crippen LogP contribution in [0.25, 0.3) is 0 Å². The maximum absolute atomic E-state index is 11.5. The lowest BCUT2D eigenvalue weighted by Gasteiger charge is -2.01. The van der Waals surface area contributed by atoms with Crippen LogP contribution in [0.15, 0.2) is 0 Å². The molecule has 0 aromatic rings. The van der Waals surface area contributed by atoms with Crippen LogP contribution in [0.2, 0.25) is 0 Å². The van der Waals surface area contributed by atoms with Crippen molar-refractivity contribution in [3.63, 3.8) is 0 Å². The molecule has 0 saturated carbocycles. The van der Waals surface area contributed by atoms with E-state index in [1.54, 1.807) is 0 Å². The van der Waals surface area contributed by atoms with Gasteiger partial charge in [-0.25, -0.2) is 4.39 Å². The van der Waals surface area contributed by atoms with E-state index in [1.807, 2.05) is 0 Å². The predicted octanol–water partition coefficient (Wildman–Crippen LogP) is -0.177. The number of hydrogen-bond donors (Lipinski definition) is 0. The first kappa shape index (κ1) is 11.3. The van der Waals surface area contributed by atoms with E-state index < -0.39 is 22.1 Å². The minimum absolute atomic E-state index is 0.200. The van der Waals surface area contributed by atoms with Gasteiger partial charge in [-0.3, -0.25) is 8.98 Å². The van der Waals surface area contributed by atoms with Crippen LogP contribution in [0.5, 0.6) is 0 Å². The molecule has 0 unspecified atom stereocenters. The molecule has 0 aromatic carbocycles. The quantitative estimate of drug-likeness (QED) is 0.350. The molecule has 0 N–H and O–H groups in total. The second-order valence-corrected chi connectivity index (χ2v) is 3.40. The molecule has 0 rings (SSSR count). The third-order valence-corrected chi connectivity index (χ3v) is 1.58. The zero-order valence-electron chi connectivity index (χ0n) is 6.45. The Kier molecular flexibility index (Phi) is 4.75. The molecule has 0 atom stereocenters. The summed E-state index contributed by atoms with van der Waals surface area (Å²) in [6.07, 6.45) is 0. The van der Waals surface area contributed by atoms with Crippen LogP contribution in [0.1, 0.15) is 6.92 Å². The van der Waals surface area contributed by atoms with Crippen LogP contribution in [0, 0.1) is 0 Å². The predicted molar refractivity (Wildman–Crippen MR) is 37.5 cm³/mol. The van der Waals surface area contributed by atoms with Crippen LogP contribution < -0.4 is 0 Å². The summed E-state index contributed by atoms with van der Waals surface area (Å²) in [4.78, 5) is 10.1. The zero-order valence-corrected chi connectivity index (χ0v) is 7.27. The first-order chi connectivity index (χ1) is 5.48. The van der Waals surface area contributed by atoms with E-state index in [0.29, 0.717) is 0 Å². The average molecular weight is 200 g/mol. The highest BCUT2D eigenvalue weighted by Crippen LogP contribution is 1.93. The Bertz CT molecular complexity index is 234. The Balaban J connectivity index is 3.51. The Labute approximate surface area is 69.6 Å². The molecule has 0 radical (unpaired) electrons. The largest absolute Gasteiger partial charge is 0.463 e. The smallest absolute Gasteiger partial charge is 0.302 e. The van der Waals surface area contributed by atoms with Gasteiger partial charge in [0.2, 0.25) is 6.01 Å². The second kappa shape index (κ2) is 5.04. The van der Waals surface area contributed by atoms with Crippen molar-refractivity contribution < 1.29 is 26.5 Å². The average Bonchev–Trinajstić information content (AvgIpc) is 1.98. The topological polar surface area (TPSA) is 69.7 Å². The number of alkyl halides is 1. The Morgan fingerprint density at radius 1 is 1.42 bits per heavy atom. The van der Waals surface area contributed by atoms with Crippen molar-refractivity contribution in [1.82, 2.24) is 0 Å². The van der Waals surface area contributed by atoms with Crippen molar-refractivity contribution in [2.24, 2.45) is 0 Å². The lowest BCUT2D eigenvalue weighted by atomic mass is 10.7. The molecule has 5 nitrogen and oxygen atoms in total. The minimum atomic E-state index is -4.08. The molecule has 0 aromatic heterocycles. The summed E-state index contributed by atoms with van der Waals surface area (Å²) in [6.45, 7) is 0.615. The summed E-state index contributed by atoms with van der Waals surface area (Å²) in [5.41, 5.74) is 0. The van der Waals surface area contributed by atoms with Gasteiger partial charge in [-0.1, -0.05) is 0 Å². The summed E-state index contributed by atoms with van der Waals surface area (Å²) in [7, 11) is -4.08. The number of hydrogen-bond acceptors (Lipinski definition) is 5. The Hall–Kier alpha value is -0.690. The van der Waals surface area contributed by atoms with Gasteiger partial charge in [0.05, 0.1) is 0 Å². The normalized spacial score (nSPS) is 11.2. The highest BCUT2D eigenvalue weighted by Gasteiger charge is 2.09. The second-order valence-electron chi connectivity index (χ2n) is 1.83. The Morgan fingerprint density at radius 3 is 2.42 bits per heavy atom. The number of rotatable bonds is 5. The van der Waals surface area contributed by atoms with Gasteiger partial charge in [0, 0.05) is 6.92 Å². The highest BCUT2D eigenvalue weighted by atomic mass is 32.2. The van der Waals surface area contributed by atoms with Crippen molar-refractivity contribution in [3.05, 3.63) is 0 Å². The summed E-state index contributed by atoms with van der Waals surface area (Å²) >= 11 is 0. The van der Waals surface area contributed by atoms with Crippen LogP contribution in [0.4, 0.5) is 4.39 Å². The molecule has 0 saturated heterocycles. The van der Waals surface area contributed by atoms with Crippen LogP contribution in [0.3, 0.4) is 0 Å². The van der Waals surface area contributed by atoms with Gasteiger partial charge in [0.1, 0.15) is 13.2 Å². The summed E-state index contributed by atoms with van der Waals surface area (Å²) in [5.74, 6) is -0.545. The fourth-order valence-electron chi connectivity index (χ4n) is 0.378. The van der Waals surface area contributed by atoms with E-state index in [4.69, 9.17) is 0 Å². The van der Waals surface area contributed by atoms with Gasteiger partial charge >= 0.3 is 5.97 Å². The monoisotopic (exact) mass is 200 g/mol. The van der Waals surface area contributed by atoms with Crippen LogP contribution in [-0.2, 0) is 23.8 Å². The fourth-order valence-corrected chi connectivity index (χ4v) is 0.763. The molecule has 72 valence electrons. The highest BCUT2D eigenvalue weighted by molar-refractivity contribution is 7.86. The van der Waals surface area contributed by atoms with Gasteiger partial charge in [0.15, 0.2) is 0 Å². The van der Waals surface area contributed by atoms with Crippen molar-refractivity contribution in [1.29, 1.82) is 0 Å². The van der Waals surface area contributed by atoms with Crippen molar-refractivity contribution >= 4 is 16.1 Å². The number of ether oxygens (including phenoxy) is 1. The molecule has 0 spiro atoms. The molecular formula is C5H9FO5S. The van der Waals surface area contributed by atoms with E-state index in [1.165, 1.54) is 6.92 Å².